The van der Waals surface area contributed by atoms with Crippen LogP contribution >= 0.6 is 15.9 Å². The van der Waals surface area contributed by atoms with Gasteiger partial charge >= 0.3 is 0 Å². The lowest BCUT2D eigenvalue weighted by Gasteiger charge is -2.27. The van der Waals surface area contributed by atoms with Crippen LogP contribution in [0.5, 0.6) is 0 Å². The largest absolute Gasteiger partial charge is 0.292 e. The van der Waals surface area contributed by atoms with Crippen molar-refractivity contribution in [2.75, 3.05) is 0 Å². The summed E-state index contributed by atoms with van der Waals surface area (Å²) in [5, 5.41) is 4.31. The molecule has 0 radical (unpaired) electrons. The zero-order valence-corrected chi connectivity index (χ0v) is 13.6. The summed E-state index contributed by atoms with van der Waals surface area (Å²) in [6.07, 6.45) is 7.44. The SMILES string of the molecule is CCC1CCC(C(=O)c2c(Br)cnn2C(C)C)CC1. The Hall–Kier alpha value is -0.640. The Morgan fingerprint density at radius 2 is 2.05 bits per heavy atom. The molecule has 19 heavy (non-hydrogen) atoms. The molecule has 0 unspecified atom stereocenters. The van der Waals surface area contributed by atoms with Gasteiger partial charge in [-0.25, -0.2) is 0 Å². The van der Waals surface area contributed by atoms with E-state index in [1.54, 1.807) is 6.20 Å². The maximum absolute atomic E-state index is 12.7. The summed E-state index contributed by atoms with van der Waals surface area (Å²) >= 11 is 3.47. The predicted molar refractivity (Wildman–Crippen MR) is 80.4 cm³/mol. The highest BCUT2D eigenvalue weighted by atomic mass is 79.9. The standard InChI is InChI=1S/C15H23BrN2O/c1-4-11-5-7-12(8-6-11)15(19)14-13(16)9-17-18(14)10(2)3/h9-12H,4-8H2,1-3H3. The normalized spacial score (nSPS) is 23.8. The summed E-state index contributed by atoms with van der Waals surface area (Å²) in [5.74, 6) is 1.28. The highest BCUT2D eigenvalue weighted by molar-refractivity contribution is 9.10. The lowest BCUT2D eigenvalue weighted by Crippen LogP contribution is -2.25. The topological polar surface area (TPSA) is 34.9 Å². The highest BCUT2D eigenvalue weighted by Gasteiger charge is 2.30. The maximum atomic E-state index is 12.7. The van der Waals surface area contributed by atoms with Crippen LogP contribution in [0.3, 0.4) is 0 Å². The lowest BCUT2D eigenvalue weighted by atomic mass is 9.78. The van der Waals surface area contributed by atoms with Gasteiger partial charge in [-0.15, -0.1) is 0 Å². The second-order valence-electron chi connectivity index (χ2n) is 5.87. The van der Waals surface area contributed by atoms with Crippen LogP contribution in [0, 0.1) is 11.8 Å². The number of carbonyl (C=O) groups is 1. The summed E-state index contributed by atoms with van der Waals surface area (Å²) in [4.78, 5) is 12.7. The molecule has 1 aliphatic rings. The number of Topliss-reactive ketones (excluding diaryl/α,β-unsaturated/α-hetero) is 1. The van der Waals surface area contributed by atoms with E-state index < -0.39 is 0 Å². The number of hydrogen-bond donors (Lipinski definition) is 0. The zero-order valence-electron chi connectivity index (χ0n) is 12.0. The summed E-state index contributed by atoms with van der Waals surface area (Å²) in [7, 11) is 0. The fourth-order valence-electron chi connectivity index (χ4n) is 2.99. The fraction of sp³-hybridized carbons (Fsp3) is 0.733. The van der Waals surface area contributed by atoms with E-state index in [1.165, 1.54) is 19.3 Å². The Bertz CT molecular complexity index is 445. The minimum atomic E-state index is 0.188. The van der Waals surface area contributed by atoms with Crippen LogP contribution in [-0.4, -0.2) is 15.6 Å². The van der Waals surface area contributed by atoms with Gasteiger partial charge in [-0.05, 0) is 61.4 Å². The third-order valence-corrected chi connectivity index (χ3v) is 4.85. The van der Waals surface area contributed by atoms with E-state index in [9.17, 15) is 4.79 Å². The van der Waals surface area contributed by atoms with E-state index >= 15 is 0 Å². The van der Waals surface area contributed by atoms with Crippen molar-refractivity contribution in [1.29, 1.82) is 0 Å². The van der Waals surface area contributed by atoms with Crippen LogP contribution in [0.4, 0.5) is 0 Å². The number of ketones is 1. The van der Waals surface area contributed by atoms with Crippen LogP contribution in [0.15, 0.2) is 10.7 Å². The fourth-order valence-corrected chi connectivity index (χ4v) is 3.46. The summed E-state index contributed by atoms with van der Waals surface area (Å²) in [6.45, 7) is 6.37. The molecular weight excluding hydrogens is 304 g/mol. The number of carbonyl (C=O) groups excluding carboxylic acids is 1. The maximum Gasteiger partial charge on any atom is 0.185 e. The summed E-state index contributed by atoms with van der Waals surface area (Å²) in [6, 6.07) is 0.220. The van der Waals surface area contributed by atoms with Crippen molar-refractivity contribution in [3.63, 3.8) is 0 Å². The average molecular weight is 327 g/mol. The first-order valence-corrected chi connectivity index (χ1v) is 8.11. The van der Waals surface area contributed by atoms with Crippen molar-refractivity contribution in [2.45, 2.75) is 58.9 Å². The number of hydrogen-bond acceptors (Lipinski definition) is 2. The molecule has 0 atom stereocenters. The first-order chi connectivity index (χ1) is 9.04. The minimum Gasteiger partial charge on any atom is -0.292 e. The Kier molecular flexibility index (Phi) is 4.82. The molecule has 1 fully saturated rings. The van der Waals surface area contributed by atoms with Gasteiger partial charge in [0, 0.05) is 12.0 Å². The average Bonchev–Trinajstić information content (AvgIpc) is 2.80. The van der Waals surface area contributed by atoms with Crippen molar-refractivity contribution in [3.05, 3.63) is 16.4 Å². The van der Waals surface area contributed by atoms with Crippen molar-refractivity contribution < 1.29 is 4.79 Å². The summed E-state index contributed by atoms with van der Waals surface area (Å²) in [5.41, 5.74) is 0.759. The van der Waals surface area contributed by atoms with Gasteiger partial charge in [0.05, 0.1) is 10.7 Å². The van der Waals surface area contributed by atoms with Gasteiger partial charge in [-0.3, -0.25) is 9.48 Å². The van der Waals surface area contributed by atoms with Crippen molar-refractivity contribution in [3.8, 4) is 0 Å². The Morgan fingerprint density at radius 3 is 2.58 bits per heavy atom. The lowest BCUT2D eigenvalue weighted by molar-refractivity contribution is 0.0857. The van der Waals surface area contributed by atoms with Gasteiger partial charge in [0.2, 0.25) is 0 Å². The van der Waals surface area contributed by atoms with E-state index in [2.05, 4.69) is 41.8 Å². The molecule has 0 aromatic carbocycles. The molecule has 106 valence electrons. The van der Waals surface area contributed by atoms with Crippen LogP contribution < -0.4 is 0 Å². The quantitative estimate of drug-likeness (QED) is 0.756. The molecule has 4 heteroatoms. The Morgan fingerprint density at radius 1 is 1.42 bits per heavy atom. The van der Waals surface area contributed by atoms with Crippen molar-refractivity contribution in [1.82, 2.24) is 9.78 Å². The molecule has 0 N–H and O–H groups in total. The monoisotopic (exact) mass is 326 g/mol. The molecule has 1 aromatic heterocycles. The third kappa shape index (κ3) is 3.10. The van der Waals surface area contributed by atoms with Gasteiger partial charge in [0.25, 0.3) is 0 Å². The second kappa shape index (κ2) is 6.21. The van der Waals surface area contributed by atoms with Crippen LogP contribution in [0.25, 0.3) is 0 Å². The second-order valence-corrected chi connectivity index (χ2v) is 6.72. The van der Waals surface area contributed by atoms with E-state index in [0.717, 1.165) is 28.9 Å². The minimum absolute atomic E-state index is 0.188. The molecule has 0 amide bonds. The first kappa shape index (κ1) is 14.8. The molecule has 3 nitrogen and oxygen atoms in total. The predicted octanol–water partition coefficient (Wildman–Crippen LogP) is 4.63. The summed E-state index contributed by atoms with van der Waals surface area (Å²) < 4.78 is 2.68. The number of nitrogens with zero attached hydrogens (tertiary/aromatic N) is 2. The molecule has 0 bridgehead atoms. The van der Waals surface area contributed by atoms with E-state index in [0.29, 0.717) is 0 Å². The van der Waals surface area contributed by atoms with E-state index in [-0.39, 0.29) is 17.7 Å². The van der Waals surface area contributed by atoms with Gasteiger partial charge in [0.1, 0.15) is 5.69 Å². The van der Waals surface area contributed by atoms with E-state index in [1.807, 2.05) is 4.68 Å². The first-order valence-electron chi connectivity index (χ1n) is 7.31. The van der Waals surface area contributed by atoms with Crippen LogP contribution in [-0.2, 0) is 0 Å². The number of halogens is 1. The molecule has 0 aliphatic heterocycles. The zero-order chi connectivity index (χ0) is 14.0. The smallest absolute Gasteiger partial charge is 0.185 e. The molecular formula is C15H23BrN2O. The number of aromatic nitrogens is 2. The molecule has 2 rings (SSSR count). The molecule has 1 aliphatic carbocycles. The Labute approximate surface area is 123 Å². The third-order valence-electron chi connectivity index (χ3n) is 4.27. The van der Waals surface area contributed by atoms with Crippen molar-refractivity contribution in [2.24, 2.45) is 11.8 Å². The molecule has 0 saturated heterocycles. The molecule has 1 aromatic rings. The van der Waals surface area contributed by atoms with Crippen LogP contribution in [0.1, 0.15) is 69.4 Å². The molecule has 1 saturated carbocycles. The number of rotatable bonds is 4. The van der Waals surface area contributed by atoms with Gasteiger partial charge < -0.3 is 0 Å². The van der Waals surface area contributed by atoms with Gasteiger partial charge in [0.15, 0.2) is 5.78 Å². The van der Waals surface area contributed by atoms with Gasteiger partial charge in [-0.2, -0.15) is 5.10 Å². The van der Waals surface area contributed by atoms with Crippen molar-refractivity contribution >= 4 is 21.7 Å². The van der Waals surface area contributed by atoms with Crippen LogP contribution in [0.2, 0.25) is 0 Å². The molecule has 0 spiro atoms. The highest BCUT2D eigenvalue weighted by Crippen LogP contribution is 2.34. The van der Waals surface area contributed by atoms with E-state index in [4.69, 9.17) is 0 Å². The molecule has 1 heterocycles. The Balaban J connectivity index is 2.14. The van der Waals surface area contributed by atoms with Gasteiger partial charge in [-0.1, -0.05) is 13.3 Å².